The lowest BCUT2D eigenvalue weighted by Crippen LogP contribution is -2.11. The number of carbonyl (C=O) groups excluding carboxylic acids is 2. The Morgan fingerprint density at radius 2 is 0.851 bits per heavy atom. The lowest BCUT2D eigenvalue weighted by molar-refractivity contribution is 0.0726. The van der Waals surface area contributed by atoms with Gasteiger partial charge >= 0.3 is 11.9 Å². The van der Waals surface area contributed by atoms with Gasteiger partial charge in [-0.25, -0.2) is 9.59 Å². The summed E-state index contributed by atoms with van der Waals surface area (Å²) in [7, 11) is 0. The van der Waals surface area contributed by atoms with Gasteiger partial charge in [-0.15, -0.1) is 0 Å². The molecule has 0 atom stereocenters. The van der Waals surface area contributed by atoms with Crippen LogP contribution in [0.4, 0.5) is 22.7 Å². The van der Waals surface area contributed by atoms with Crippen molar-refractivity contribution in [1.29, 1.82) is 0 Å². The molecule has 0 unspecified atom stereocenters. The molecule has 0 aliphatic carbocycles. The molecule has 6 rings (SSSR count). The molecule has 0 saturated heterocycles. The minimum atomic E-state index is -0.575. The van der Waals surface area contributed by atoms with Gasteiger partial charge in [0.2, 0.25) is 0 Å². The molecule has 232 valence electrons. The van der Waals surface area contributed by atoms with Crippen molar-refractivity contribution in [3.8, 4) is 45.3 Å². The Kier molecular flexibility index (Phi) is 8.44. The van der Waals surface area contributed by atoms with Gasteiger partial charge < -0.3 is 37.1 Å². The van der Waals surface area contributed by atoms with E-state index in [2.05, 4.69) is 0 Å². The highest BCUT2D eigenvalue weighted by atomic mass is 16.5. The van der Waals surface area contributed by atoms with Gasteiger partial charge in [0.25, 0.3) is 0 Å². The third kappa shape index (κ3) is 6.84. The zero-order valence-corrected chi connectivity index (χ0v) is 25.1. The summed E-state index contributed by atoms with van der Waals surface area (Å²) >= 11 is 0. The fourth-order valence-corrected chi connectivity index (χ4v) is 4.98. The molecule has 0 radical (unpaired) electrons. The fraction of sp³-hybridized carbons (Fsp3) is 0. The molecule has 0 aliphatic heterocycles. The lowest BCUT2D eigenvalue weighted by atomic mass is 9.99. The van der Waals surface area contributed by atoms with E-state index < -0.39 is 11.9 Å². The summed E-state index contributed by atoms with van der Waals surface area (Å²) in [6.07, 6.45) is 0. The lowest BCUT2D eigenvalue weighted by Gasteiger charge is -2.17. The van der Waals surface area contributed by atoms with Gasteiger partial charge in [0.05, 0.1) is 11.1 Å². The highest BCUT2D eigenvalue weighted by Crippen LogP contribution is 2.41. The molecule has 9 nitrogen and oxygen atoms in total. The second kappa shape index (κ2) is 13.1. The number of carbonyl (C=O) groups is 2. The first-order valence-electron chi connectivity index (χ1n) is 14.6. The predicted octanol–water partition coefficient (Wildman–Crippen LogP) is 7.58. The van der Waals surface area contributed by atoms with Gasteiger partial charge in [0.1, 0.15) is 23.0 Å². The van der Waals surface area contributed by atoms with Gasteiger partial charge in [0.15, 0.2) is 0 Å². The number of nitrogens with two attached hydrogens (primary N) is 4. The number of esters is 2. The maximum atomic E-state index is 12.8. The standard InChI is InChI=1S/C38H30N4O5/c39-25-13-17-35(31(21-25)23-11-15-29(33(41)19-23)37(43)45-27-7-3-1-4-8-27)47-36-18-14-26(40)22-32(36)24-12-16-30(34(42)20-24)38(44)46-28-9-5-2-6-10-28/h1-22H,39-42H2. The van der Waals surface area contributed by atoms with Crippen molar-refractivity contribution < 1.29 is 23.8 Å². The van der Waals surface area contributed by atoms with E-state index in [4.69, 9.17) is 37.1 Å². The van der Waals surface area contributed by atoms with Gasteiger partial charge in [-0.05, 0) is 96.1 Å². The van der Waals surface area contributed by atoms with Crippen LogP contribution < -0.4 is 37.1 Å². The number of hydrogen-bond acceptors (Lipinski definition) is 9. The van der Waals surface area contributed by atoms with Crippen molar-refractivity contribution in [3.05, 3.63) is 145 Å². The van der Waals surface area contributed by atoms with Crippen LogP contribution in [0.2, 0.25) is 0 Å². The largest absolute Gasteiger partial charge is 0.456 e. The normalized spacial score (nSPS) is 10.6. The number of nitrogen functional groups attached to an aromatic ring is 4. The monoisotopic (exact) mass is 622 g/mol. The molecule has 0 amide bonds. The Hall–Kier alpha value is -6.74. The van der Waals surface area contributed by atoms with E-state index in [1.807, 2.05) is 12.1 Å². The molecule has 0 bridgehead atoms. The van der Waals surface area contributed by atoms with Crippen LogP contribution in [0.3, 0.4) is 0 Å². The van der Waals surface area contributed by atoms with Gasteiger partial charge in [-0.2, -0.15) is 0 Å². The number of ether oxygens (including phenoxy) is 3. The molecule has 6 aromatic rings. The van der Waals surface area contributed by atoms with E-state index in [1.54, 1.807) is 121 Å². The van der Waals surface area contributed by atoms with E-state index >= 15 is 0 Å². The van der Waals surface area contributed by atoms with Crippen LogP contribution in [0, 0.1) is 0 Å². The molecule has 6 aromatic carbocycles. The molecule has 0 heterocycles. The average Bonchev–Trinajstić information content (AvgIpc) is 3.07. The third-order valence-corrected chi connectivity index (χ3v) is 7.30. The first kappa shape index (κ1) is 30.3. The zero-order valence-electron chi connectivity index (χ0n) is 25.1. The van der Waals surface area contributed by atoms with Crippen LogP contribution in [0.1, 0.15) is 20.7 Å². The second-order valence-electron chi connectivity index (χ2n) is 10.6. The third-order valence-electron chi connectivity index (χ3n) is 7.30. The molecule has 8 N–H and O–H groups in total. The quantitative estimate of drug-likeness (QED) is 0.0760. The topological polar surface area (TPSA) is 166 Å². The summed E-state index contributed by atoms with van der Waals surface area (Å²) in [5.74, 6) is 0.620. The molecule has 0 saturated carbocycles. The van der Waals surface area contributed by atoms with Gasteiger partial charge in [0, 0.05) is 33.9 Å². The predicted molar refractivity (Wildman–Crippen MR) is 184 cm³/mol. The summed E-state index contributed by atoms with van der Waals surface area (Å²) in [6, 6.07) is 38.0. The highest BCUT2D eigenvalue weighted by molar-refractivity contribution is 5.98. The van der Waals surface area contributed by atoms with Crippen LogP contribution in [0.15, 0.2) is 133 Å². The Labute approximate surface area is 270 Å². The molecule has 0 spiro atoms. The second-order valence-corrected chi connectivity index (χ2v) is 10.6. The van der Waals surface area contributed by atoms with Crippen LogP contribution in [-0.2, 0) is 0 Å². The van der Waals surface area contributed by atoms with E-state index in [-0.39, 0.29) is 22.5 Å². The molecule has 0 aliphatic rings. The van der Waals surface area contributed by atoms with E-state index in [0.717, 1.165) is 0 Å². The van der Waals surface area contributed by atoms with E-state index in [9.17, 15) is 9.59 Å². The maximum absolute atomic E-state index is 12.8. The van der Waals surface area contributed by atoms with Crippen molar-refractivity contribution in [1.82, 2.24) is 0 Å². The van der Waals surface area contributed by atoms with Gasteiger partial charge in [-0.1, -0.05) is 48.5 Å². The van der Waals surface area contributed by atoms with Gasteiger partial charge in [-0.3, -0.25) is 0 Å². The van der Waals surface area contributed by atoms with Crippen LogP contribution in [0.25, 0.3) is 22.3 Å². The summed E-state index contributed by atoms with van der Waals surface area (Å²) in [5.41, 5.74) is 29.5. The fourth-order valence-electron chi connectivity index (χ4n) is 4.98. The van der Waals surface area contributed by atoms with E-state index in [1.165, 1.54) is 0 Å². The Morgan fingerprint density at radius 1 is 0.447 bits per heavy atom. The maximum Gasteiger partial charge on any atom is 0.345 e. The van der Waals surface area contributed by atoms with Crippen molar-refractivity contribution in [3.63, 3.8) is 0 Å². The van der Waals surface area contributed by atoms with Crippen LogP contribution >= 0.6 is 0 Å². The summed E-state index contributed by atoms with van der Waals surface area (Å²) < 4.78 is 17.4. The number of hydrogen-bond donors (Lipinski definition) is 4. The highest BCUT2D eigenvalue weighted by Gasteiger charge is 2.18. The molecule has 47 heavy (non-hydrogen) atoms. The smallest absolute Gasteiger partial charge is 0.345 e. The molecule has 9 heteroatoms. The average molecular weight is 623 g/mol. The van der Waals surface area contributed by atoms with Crippen molar-refractivity contribution in [2.24, 2.45) is 0 Å². The Morgan fingerprint density at radius 3 is 1.23 bits per heavy atom. The van der Waals surface area contributed by atoms with Crippen molar-refractivity contribution >= 4 is 34.7 Å². The minimum Gasteiger partial charge on any atom is -0.456 e. The van der Waals surface area contributed by atoms with Crippen molar-refractivity contribution in [2.75, 3.05) is 22.9 Å². The number of para-hydroxylation sites is 2. The van der Waals surface area contributed by atoms with Crippen LogP contribution in [-0.4, -0.2) is 11.9 Å². The summed E-state index contributed by atoms with van der Waals surface area (Å²) in [5, 5.41) is 0. The Bertz CT molecular complexity index is 1950. The summed E-state index contributed by atoms with van der Waals surface area (Å²) in [4.78, 5) is 25.6. The Balaban J connectivity index is 1.29. The number of rotatable bonds is 8. The molecule has 0 aromatic heterocycles. The molecule has 0 fully saturated rings. The minimum absolute atomic E-state index is 0.221. The number of anilines is 4. The molecular weight excluding hydrogens is 592 g/mol. The number of benzene rings is 6. The SMILES string of the molecule is Nc1ccc(Oc2ccc(N)cc2-c2ccc(C(=O)Oc3ccccc3)c(N)c2)c(-c2ccc(C(=O)Oc3ccccc3)c(N)c2)c1. The van der Waals surface area contributed by atoms with Crippen molar-refractivity contribution in [2.45, 2.75) is 0 Å². The molecular formula is C38H30N4O5. The first-order chi connectivity index (χ1) is 22.7. The zero-order chi connectivity index (χ0) is 32.9. The first-order valence-corrected chi connectivity index (χ1v) is 14.6. The van der Waals surface area contributed by atoms with E-state index in [0.29, 0.717) is 56.6 Å². The summed E-state index contributed by atoms with van der Waals surface area (Å²) in [6.45, 7) is 0. The van der Waals surface area contributed by atoms with Crippen LogP contribution in [0.5, 0.6) is 23.0 Å².